The maximum atomic E-state index is 4.41. The molecule has 3 nitrogen and oxygen atoms in total. The van der Waals surface area contributed by atoms with Crippen LogP contribution in [0.4, 0.5) is 5.69 Å². The normalized spacial score (nSPS) is 25.7. The second-order valence-corrected chi connectivity index (χ2v) is 5.31. The third kappa shape index (κ3) is 2.44. The van der Waals surface area contributed by atoms with Crippen molar-refractivity contribution in [2.75, 3.05) is 24.5 Å². The van der Waals surface area contributed by atoms with E-state index in [1.165, 1.54) is 24.9 Å². The van der Waals surface area contributed by atoms with Crippen molar-refractivity contribution >= 4 is 5.69 Å². The number of anilines is 1. The van der Waals surface area contributed by atoms with E-state index < -0.39 is 0 Å². The predicted octanol–water partition coefficient (Wildman–Crippen LogP) is 1.97. The van der Waals surface area contributed by atoms with E-state index >= 15 is 0 Å². The molecule has 2 heterocycles. The molecule has 1 N–H and O–H groups in total. The number of hydrogen-bond donors (Lipinski definition) is 1. The molecule has 2 aliphatic rings. The fourth-order valence-corrected chi connectivity index (χ4v) is 2.79. The maximum Gasteiger partial charge on any atom is 0.0605 e. The van der Waals surface area contributed by atoms with Crippen molar-refractivity contribution in [3.63, 3.8) is 0 Å². The van der Waals surface area contributed by atoms with Crippen molar-refractivity contribution in [2.24, 2.45) is 5.92 Å². The zero-order valence-corrected chi connectivity index (χ0v) is 10.5. The first-order valence-corrected chi connectivity index (χ1v) is 6.74. The van der Waals surface area contributed by atoms with Gasteiger partial charge in [-0.25, -0.2) is 0 Å². The van der Waals surface area contributed by atoms with Crippen LogP contribution in [0.3, 0.4) is 0 Å². The summed E-state index contributed by atoms with van der Waals surface area (Å²) in [4.78, 5) is 6.93. The molecule has 0 bridgehead atoms. The summed E-state index contributed by atoms with van der Waals surface area (Å²) in [7, 11) is 0. The average Bonchev–Trinajstić information content (AvgIpc) is 3.16. The Bertz CT molecular complexity index is 387. The molecular weight excluding hydrogens is 210 g/mol. The summed E-state index contributed by atoms with van der Waals surface area (Å²) in [5.41, 5.74) is 2.48. The van der Waals surface area contributed by atoms with Crippen molar-refractivity contribution in [1.29, 1.82) is 0 Å². The van der Waals surface area contributed by atoms with Crippen LogP contribution in [0.15, 0.2) is 18.3 Å². The summed E-state index contributed by atoms with van der Waals surface area (Å²) in [6, 6.07) is 4.95. The van der Waals surface area contributed by atoms with Gasteiger partial charge in [-0.15, -0.1) is 0 Å². The molecule has 92 valence electrons. The molecule has 0 amide bonds. The Morgan fingerprint density at radius 1 is 1.41 bits per heavy atom. The van der Waals surface area contributed by atoms with Crippen LogP contribution in [0.25, 0.3) is 0 Å². The second kappa shape index (κ2) is 4.65. The molecule has 2 fully saturated rings. The van der Waals surface area contributed by atoms with Crippen molar-refractivity contribution in [3.05, 3.63) is 24.0 Å². The number of aromatic nitrogens is 1. The van der Waals surface area contributed by atoms with Gasteiger partial charge < -0.3 is 10.2 Å². The lowest BCUT2D eigenvalue weighted by Gasteiger charge is -2.27. The zero-order valence-electron chi connectivity index (χ0n) is 10.5. The average molecular weight is 231 g/mol. The number of pyridine rings is 1. The van der Waals surface area contributed by atoms with Crippen molar-refractivity contribution < 1.29 is 0 Å². The van der Waals surface area contributed by atoms with Gasteiger partial charge in [-0.3, -0.25) is 4.98 Å². The van der Waals surface area contributed by atoms with Crippen LogP contribution in [0.2, 0.25) is 0 Å². The highest BCUT2D eigenvalue weighted by atomic mass is 15.2. The van der Waals surface area contributed by atoms with Gasteiger partial charge in [0.05, 0.1) is 11.4 Å². The standard InChI is InChI=1S/C14H21N3/c1-11-14(4-2-7-15-11)17-9-3-8-16-13(10-17)12-5-6-12/h2,4,7,12-13,16H,3,5-6,8-10H2,1H3. The highest BCUT2D eigenvalue weighted by Gasteiger charge is 2.33. The summed E-state index contributed by atoms with van der Waals surface area (Å²) in [5.74, 6) is 0.924. The molecule has 1 aliphatic heterocycles. The van der Waals surface area contributed by atoms with Gasteiger partial charge >= 0.3 is 0 Å². The third-order valence-corrected chi connectivity index (χ3v) is 3.94. The summed E-state index contributed by atoms with van der Waals surface area (Å²) >= 11 is 0. The monoisotopic (exact) mass is 231 g/mol. The van der Waals surface area contributed by atoms with E-state index in [0.29, 0.717) is 6.04 Å². The number of nitrogens with one attached hydrogen (secondary N) is 1. The van der Waals surface area contributed by atoms with E-state index in [2.05, 4.69) is 28.2 Å². The molecule has 1 aromatic heterocycles. The van der Waals surface area contributed by atoms with E-state index in [0.717, 1.165) is 31.2 Å². The molecule has 3 heteroatoms. The predicted molar refractivity (Wildman–Crippen MR) is 70.3 cm³/mol. The van der Waals surface area contributed by atoms with Crippen LogP contribution < -0.4 is 10.2 Å². The minimum atomic E-state index is 0.692. The first kappa shape index (κ1) is 11.0. The third-order valence-electron chi connectivity index (χ3n) is 3.94. The van der Waals surface area contributed by atoms with Gasteiger partial charge in [-0.2, -0.15) is 0 Å². The molecule has 3 rings (SSSR count). The van der Waals surface area contributed by atoms with Crippen molar-refractivity contribution in [1.82, 2.24) is 10.3 Å². The Hall–Kier alpha value is -1.09. The lowest BCUT2D eigenvalue weighted by Crippen LogP contribution is -2.39. The molecule has 1 aliphatic carbocycles. The maximum absolute atomic E-state index is 4.41. The van der Waals surface area contributed by atoms with Gasteiger partial charge in [0.1, 0.15) is 0 Å². The van der Waals surface area contributed by atoms with Crippen LogP contribution in [-0.2, 0) is 0 Å². The second-order valence-electron chi connectivity index (χ2n) is 5.31. The van der Waals surface area contributed by atoms with Gasteiger partial charge in [0.25, 0.3) is 0 Å². The first-order valence-electron chi connectivity index (χ1n) is 6.74. The van der Waals surface area contributed by atoms with Gasteiger partial charge in [0, 0.05) is 25.3 Å². The van der Waals surface area contributed by atoms with E-state index in [9.17, 15) is 0 Å². The Balaban J connectivity index is 1.78. The number of nitrogens with zero attached hydrogens (tertiary/aromatic N) is 2. The Kier molecular flexibility index (Phi) is 3.02. The number of rotatable bonds is 2. The SMILES string of the molecule is Cc1ncccc1N1CCCNC(C2CC2)C1. The summed E-state index contributed by atoms with van der Waals surface area (Å²) in [6.45, 7) is 5.58. The Morgan fingerprint density at radius 2 is 2.29 bits per heavy atom. The number of aryl methyl sites for hydroxylation is 1. The van der Waals surface area contributed by atoms with Crippen LogP contribution in [0, 0.1) is 12.8 Å². The molecule has 17 heavy (non-hydrogen) atoms. The minimum Gasteiger partial charge on any atom is -0.368 e. The van der Waals surface area contributed by atoms with Gasteiger partial charge in [-0.1, -0.05) is 0 Å². The molecule has 0 spiro atoms. The quantitative estimate of drug-likeness (QED) is 0.843. The van der Waals surface area contributed by atoms with Gasteiger partial charge in [0.2, 0.25) is 0 Å². The van der Waals surface area contributed by atoms with Gasteiger partial charge in [-0.05, 0) is 50.8 Å². The molecule has 1 saturated carbocycles. The molecule has 1 aromatic rings. The van der Waals surface area contributed by atoms with Gasteiger partial charge in [0.15, 0.2) is 0 Å². The summed E-state index contributed by atoms with van der Waals surface area (Å²) in [6.07, 6.45) is 5.94. The molecule has 1 atom stereocenters. The van der Waals surface area contributed by atoms with E-state index in [4.69, 9.17) is 0 Å². The highest BCUT2D eigenvalue weighted by Crippen LogP contribution is 2.34. The van der Waals surface area contributed by atoms with Crippen LogP contribution in [0.5, 0.6) is 0 Å². The zero-order chi connectivity index (χ0) is 11.7. The lowest BCUT2D eigenvalue weighted by atomic mass is 10.1. The van der Waals surface area contributed by atoms with Crippen molar-refractivity contribution in [2.45, 2.75) is 32.2 Å². The van der Waals surface area contributed by atoms with Crippen molar-refractivity contribution in [3.8, 4) is 0 Å². The topological polar surface area (TPSA) is 28.2 Å². The van der Waals surface area contributed by atoms with Crippen LogP contribution in [-0.4, -0.2) is 30.7 Å². The molecule has 1 saturated heterocycles. The fourth-order valence-electron chi connectivity index (χ4n) is 2.79. The molecule has 0 aromatic carbocycles. The summed E-state index contributed by atoms with van der Waals surface area (Å²) in [5, 5.41) is 3.70. The smallest absolute Gasteiger partial charge is 0.0605 e. The largest absolute Gasteiger partial charge is 0.368 e. The fraction of sp³-hybridized carbons (Fsp3) is 0.643. The number of hydrogen-bond acceptors (Lipinski definition) is 3. The molecule has 0 radical (unpaired) electrons. The Labute approximate surface area is 103 Å². The molecule has 1 unspecified atom stereocenters. The lowest BCUT2D eigenvalue weighted by molar-refractivity contribution is 0.490. The van der Waals surface area contributed by atoms with E-state index in [1.807, 2.05) is 12.3 Å². The molecular formula is C14H21N3. The van der Waals surface area contributed by atoms with Crippen LogP contribution >= 0.6 is 0 Å². The minimum absolute atomic E-state index is 0.692. The van der Waals surface area contributed by atoms with E-state index in [-0.39, 0.29) is 0 Å². The Morgan fingerprint density at radius 3 is 3.06 bits per heavy atom. The van der Waals surface area contributed by atoms with Crippen LogP contribution in [0.1, 0.15) is 25.0 Å². The van der Waals surface area contributed by atoms with E-state index in [1.54, 1.807) is 0 Å². The first-order chi connectivity index (χ1) is 8.34. The highest BCUT2D eigenvalue weighted by molar-refractivity contribution is 5.50. The summed E-state index contributed by atoms with van der Waals surface area (Å²) < 4.78 is 0.